The average molecular weight is 527 g/mol. The van der Waals surface area contributed by atoms with Gasteiger partial charge < -0.3 is 9.47 Å². The third kappa shape index (κ3) is 12.6. The normalized spacial score (nSPS) is 14.6. The van der Waals surface area contributed by atoms with E-state index in [1.165, 1.54) is 89.9 Å². The minimum atomic E-state index is -0.914. The Labute approximate surface area is 231 Å². The van der Waals surface area contributed by atoms with Gasteiger partial charge in [0.2, 0.25) is 0 Å². The highest BCUT2D eigenvalue weighted by molar-refractivity contribution is 5.56. The van der Waals surface area contributed by atoms with Crippen LogP contribution in [0.2, 0.25) is 0 Å². The number of aromatic nitrogens is 2. The minimum absolute atomic E-state index is 0.106. The van der Waals surface area contributed by atoms with Crippen molar-refractivity contribution >= 4 is 0 Å². The summed E-state index contributed by atoms with van der Waals surface area (Å²) in [5, 5.41) is 0. The Morgan fingerprint density at radius 1 is 0.763 bits per heavy atom. The van der Waals surface area contributed by atoms with Crippen molar-refractivity contribution in [2.24, 2.45) is 5.92 Å². The number of unbranched alkanes of at least 4 members (excludes halogenated alkanes) is 10. The fraction of sp³-hybridized carbons (Fsp3) is 0.697. The first-order valence-corrected chi connectivity index (χ1v) is 15.6. The number of nitrogens with zero attached hydrogens (tertiary/aromatic N) is 2. The lowest BCUT2D eigenvalue weighted by atomic mass is 9.99. The number of benzene rings is 1. The first-order valence-electron chi connectivity index (χ1n) is 15.6. The van der Waals surface area contributed by atoms with Crippen molar-refractivity contribution < 1.29 is 13.9 Å². The lowest BCUT2D eigenvalue weighted by molar-refractivity contribution is 0.184. The molecule has 0 bridgehead atoms. The molecule has 1 aliphatic rings. The third-order valence-corrected chi connectivity index (χ3v) is 7.79. The fourth-order valence-corrected chi connectivity index (χ4v) is 5.39. The van der Waals surface area contributed by atoms with Crippen LogP contribution in [-0.2, 0) is 0 Å². The summed E-state index contributed by atoms with van der Waals surface area (Å²) in [5.41, 5.74) is 0.902. The van der Waals surface area contributed by atoms with E-state index in [4.69, 9.17) is 9.47 Å². The van der Waals surface area contributed by atoms with Gasteiger partial charge in [-0.25, -0.2) is 14.4 Å². The van der Waals surface area contributed by atoms with Gasteiger partial charge >= 0.3 is 0 Å². The highest BCUT2D eigenvalue weighted by Crippen LogP contribution is 2.29. The van der Waals surface area contributed by atoms with Crippen molar-refractivity contribution in [1.82, 2.24) is 9.97 Å². The highest BCUT2D eigenvalue weighted by atomic mass is 19.1. The molecule has 0 N–H and O–H groups in total. The van der Waals surface area contributed by atoms with Gasteiger partial charge in [0.05, 0.1) is 19.0 Å². The highest BCUT2D eigenvalue weighted by Gasteiger charge is 2.13. The molecule has 1 aromatic carbocycles. The van der Waals surface area contributed by atoms with Crippen molar-refractivity contribution in [3.05, 3.63) is 36.7 Å². The van der Waals surface area contributed by atoms with Crippen molar-refractivity contribution in [1.29, 1.82) is 0 Å². The zero-order valence-corrected chi connectivity index (χ0v) is 23.8. The van der Waals surface area contributed by atoms with E-state index in [-0.39, 0.29) is 6.61 Å². The first kappa shape index (κ1) is 30.4. The van der Waals surface area contributed by atoms with Gasteiger partial charge in [-0.05, 0) is 43.0 Å². The number of hydrogen-bond donors (Lipinski definition) is 0. The molecule has 3 rings (SSSR count). The maximum atomic E-state index is 14.0. The second kappa shape index (κ2) is 19.0. The van der Waals surface area contributed by atoms with E-state index >= 15 is 0 Å². The van der Waals surface area contributed by atoms with E-state index in [1.54, 1.807) is 12.4 Å². The monoisotopic (exact) mass is 526 g/mol. The molecule has 1 aromatic heterocycles. The molecule has 212 valence electrons. The third-order valence-electron chi connectivity index (χ3n) is 7.79. The molecule has 0 radical (unpaired) electrons. The van der Waals surface area contributed by atoms with Crippen LogP contribution in [0.25, 0.3) is 11.4 Å². The molecule has 0 aliphatic heterocycles. The fourth-order valence-electron chi connectivity index (χ4n) is 5.39. The molecule has 2 aromatic rings. The van der Waals surface area contributed by atoms with Crippen molar-refractivity contribution in [3.63, 3.8) is 0 Å². The molecule has 1 heterocycles. The molecule has 38 heavy (non-hydrogen) atoms. The zero-order chi connectivity index (χ0) is 26.7. The van der Waals surface area contributed by atoms with Gasteiger partial charge in [0.1, 0.15) is 18.5 Å². The molecule has 1 saturated carbocycles. The van der Waals surface area contributed by atoms with Gasteiger partial charge in [0.25, 0.3) is 0 Å². The standard InChI is InChI=1S/C33H51FN2O2/c1-2-3-4-12-19-30(34)27-38-31-22-20-29(21-23-31)33-35-25-32(26-36-33)37-24-15-10-8-6-5-7-9-11-16-28-17-13-14-18-28/h20-23,25-26,28,30H,2-19,24,27H2,1H3/t30-/m1/s1. The molecule has 0 amide bonds. The SMILES string of the molecule is CCCCCC[C@@H](F)COc1ccc(-c2ncc(OCCCCCCCCCCC3CCCC3)cn2)cc1. The first-order chi connectivity index (χ1) is 18.7. The van der Waals surface area contributed by atoms with Crippen molar-refractivity contribution in [2.75, 3.05) is 13.2 Å². The summed E-state index contributed by atoms with van der Waals surface area (Å²) in [6, 6.07) is 7.53. The molecule has 1 aliphatic carbocycles. The molecule has 0 unspecified atom stereocenters. The summed E-state index contributed by atoms with van der Waals surface area (Å²) in [4.78, 5) is 8.91. The quantitative estimate of drug-likeness (QED) is 0.152. The predicted octanol–water partition coefficient (Wildman–Crippen LogP) is 9.91. The second-order valence-corrected chi connectivity index (χ2v) is 11.1. The van der Waals surface area contributed by atoms with Crippen molar-refractivity contribution in [3.8, 4) is 22.9 Å². The second-order valence-electron chi connectivity index (χ2n) is 11.1. The summed E-state index contributed by atoms with van der Waals surface area (Å²) < 4.78 is 25.5. The number of halogens is 1. The van der Waals surface area contributed by atoms with Crippen LogP contribution in [-0.4, -0.2) is 29.4 Å². The molecule has 0 spiro atoms. The molecule has 1 atom stereocenters. The van der Waals surface area contributed by atoms with Gasteiger partial charge in [-0.15, -0.1) is 0 Å². The van der Waals surface area contributed by atoms with Gasteiger partial charge in [0.15, 0.2) is 11.6 Å². The van der Waals surface area contributed by atoms with E-state index in [0.29, 0.717) is 30.4 Å². The number of alkyl halides is 1. The van der Waals surface area contributed by atoms with Crippen LogP contribution in [0.15, 0.2) is 36.7 Å². The Morgan fingerprint density at radius 3 is 2.08 bits per heavy atom. The van der Waals surface area contributed by atoms with E-state index in [0.717, 1.165) is 30.7 Å². The van der Waals surface area contributed by atoms with Crippen LogP contribution in [0.3, 0.4) is 0 Å². The molecule has 5 heteroatoms. The average Bonchev–Trinajstić information content (AvgIpc) is 3.47. The van der Waals surface area contributed by atoms with E-state index in [1.807, 2.05) is 24.3 Å². The summed E-state index contributed by atoms with van der Waals surface area (Å²) in [5.74, 6) is 3.08. The molecule has 0 saturated heterocycles. The largest absolute Gasteiger partial charge is 0.491 e. The number of rotatable bonds is 21. The summed E-state index contributed by atoms with van der Waals surface area (Å²) in [7, 11) is 0. The maximum absolute atomic E-state index is 14.0. The Kier molecular flexibility index (Phi) is 15.2. The lowest BCUT2D eigenvalue weighted by Gasteiger charge is -2.11. The summed E-state index contributed by atoms with van der Waals surface area (Å²) in [6.45, 7) is 2.98. The van der Waals surface area contributed by atoms with Crippen molar-refractivity contribution in [2.45, 2.75) is 129 Å². The Morgan fingerprint density at radius 2 is 1.39 bits per heavy atom. The lowest BCUT2D eigenvalue weighted by Crippen LogP contribution is -2.12. The van der Waals surface area contributed by atoms with Crippen LogP contribution < -0.4 is 9.47 Å². The molecule has 1 fully saturated rings. The summed E-state index contributed by atoms with van der Waals surface area (Å²) in [6.07, 6.45) is 25.5. The Bertz CT molecular complexity index is 837. The number of hydrogen-bond acceptors (Lipinski definition) is 4. The van der Waals surface area contributed by atoms with Crippen LogP contribution in [0.1, 0.15) is 122 Å². The van der Waals surface area contributed by atoms with E-state index in [2.05, 4.69) is 16.9 Å². The maximum Gasteiger partial charge on any atom is 0.159 e. The number of ether oxygens (including phenoxy) is 2. The molecule has 4 nitrogen and oxygen atoms in total. The van der Waals surface area contributed by atoms with Gasteiger partial charge in [0, 0.05) is 5.56 Å². The van der Waals surface area contributed by atoms with Crippen LogP contribution in [0.5, 0.6) is 11.5 Å². The minimum Gasteiger partial charge on any atom is -0.491 e. The van der Waals surface area contributed by atoms with Gasteiger partial charge in [-0.3, -0.25) is 0 Å². The Balaban J connectivity index is 1.21. The topological polar surface area (TPSA) is 44.2 Å². The van der Waals surface area contributed by atoms with Crippen LogP contribution in [0.4, 0.5) is 4.39 Å². The molecular formula is C33H51FN2O2. The van der Waals surface area contributed by atoms with Crippen LogP contribution >= 0.6 is 0 Å². The molecular weight excluding hydrogens is 475 g/mol. The van der Waals surface area contributed by atoms with Gasteiger partial charge in [-0.1, -0.05) is 110 Å². The Hall–Kier alpha value is -2.17. The van der Waals surface area contributed by atoms with E-state index < -0.39 is 6.17 Å². The van der Waals surface area contributed by atoms with E-state index in [9.17, 15) is 4.39 Å². The smallest absolute Gasteiger partial charge is 0.159 e. The van der Waals surface area contributed by atoms with Gasteiger partial charge in [-0.2, -0.15) is 0 Å². The summed E-state index contributed by atoms with van der Waals surface area (Å²) >= 11 is 0. The van der Waals surface area contributed by atoms with Crippen LogP contribution in [0, 0.1) is 5.92 Å². The zero-order valence-electron chi connectivity index (χ0n) is 23.8. The predicted molar refractivity (Wildman–Crippen MR) is 156 cm³/mol.